The molecule has 2 atom stereocenters. The molecule has 2 N–H and O–H groups in total. The van der Waals surface area contributed by atoms with Crippen LogP contribution in [0.25, 0.3) is 10.8 Å². The number of rotatable bonds is 7. The Hall–Kier alpha value is -2.97. The van der Waals surface area contributed by atoms with Gasteiger partial charge < -0.3 is 10.0 Å². The monoisotopic (exact) mass is 442 g/mol. The van der Waals surface area contributed by atoms with Crippen LogP contribution in [0.1, 0.15) is 24.0 Å². The Morgan fingerprint density at radius 3 is 2.61 bits per heavy atom. The molecule has 3 aromatic rings. The van der Waals surface area contributed by atoms with Crippen LogP contribution in [0.15, 0.2) is 60.7 Å². The summed E-state index contributed by atoms with van der Waals surface area (Å²) in [5.74, 6) is -2.41. The van der Waals surface area contributed by atoms with Crippen LogP contribution in [-0.2, 0) is 21.4 Å². The zero-order valence-electron chi connectivity index (χ0n) is 17.0. The fraction of sp³-hybridized carbons (Fsp3) is 0.261. The number of aliphatic carboxylic acids is 1. The molecule has 0 radical (unpaired) electrons. The summed E-state index contributed by atoms with van der Waals surface area (Å²) in [6.07, 6.45) is 0. The number of carbonyl (C=O) groups is 1. The van der Waals surface area contributed by atoms with Gasteiger partial charge in [-0.1, -0.05) is 42.5 Å². The number of benzene rings is 3. The average Bonchev–Trinajstić information content (AvgIpc) is 3.05. The number of anilines is 1. The molecule has 2 unspecified atom stereocenters. The molecule has 1 aliphatic heterocycles. The molecule has 0 aliphatic carbocycles. The summed E-state index contributed by atoms with van der Waals surface area (Å²) in [6.45, 7) is 1.69. The van der Waals surface area contributed by atoms with Gasteiger partial charge in [0.05, 0.1) is 5.75 Å². The van der Waals surface area contributed by atoms with Gasteiger partial charge in [-0.2, -0.15) is 0 Å². The van der Waals surface area contributed by atoms with Gasteiger partial charge in [-0.05, 0) is 47.0 Å². The van der Waals surface area contributed by atoms with Crippen molar-refractivity contribution in [2.45, 2.75) is 25.4 Å². The van der Waals surface area contributed by atoms with Gasteiger partial charge in [-0.25, -0.2) is 22.3 Å². The van der Waals surface area contributed by atoms with Crippen LogP contribution < -0.4 is 9.62 Å². The highest BCUT2D eigenvalue weighted by molar-refractivity contribution is 7.89. The summed E-state index contributed by atoms with van der Waals surface area (Å²) in [5, 5.41) is 12.1. The summed E-state index contributed by atoms with van der Waals surface area (Å²) in [5.41, 5.74) is 2.03. The van der Waals surface area contributed by atoms with Crippen LogP contribution in [0.3, 0.4) is 0 Å². The van der Waals surface area contributed by atoms with Crippen LogP contribution in [0, 0.1) is 5.82 Å². The summed E-state index contributed by atoms with van der Waals surface area (Å²) in [4.78, 5) is 14.0. The van der Waals surface area contributed by atoms with Crippen molar-refractivity contribution >= 4 is 32.5 Å². The number of sulfonamides is 1. The van der Waals surface area contributed by atoms with E-state index in [1.807, 2.05) is 42.5 Å². The first-order chi connectivity index (χ1) is 14.8. The smallest absolute Gasteiger partial charge is 0.327 e. The molecule has 4 rings (SSSR count). The van der Waals surface area contributed by atoms with E-state index in [2.05, 4.69) is 4.72 Å². The predicted octanol–water partition coefficient (Wildman–Crippen LogP) is 3.48. The Labute approximate surface area is 180 Å². The second-order valence-corrected chi connectivity index (χ2v) is 9.71. The third-order valence-corrected chi connectivity index (χ3v) is 7.16. The number of nitrogens with one attached hydrogen (secondary N) is 1. The van der Waals surface area contributed by atoms with Crippen molar-refractivity contribution in [2.24, 2.45) is 0 Å². The average molecular weight is 443 g/mol. The van der Waals surface area contributed by atoms with Crippen molar-refractivity contribution in [1.29, 1.82) is 0 Å². The molecule has 1 aliphatic rings. The SMILES string of the molecule is CCS(=O)(=O)NCC1c2cc(F)ccc2N(Cc2cccc3ccccc23)C1C(=O)O. The fourth-order valence-electron chi connectivity index (χ4n) is 4.26. The lowest BCUT2D eigenvalue weighted by Crippen LogP contribution is -2.44. The minimum Gasteiger partial charge on any atom is -0.480 e. The largest absolute Gasteiger partial charge is 0.480 e. The third-order valence-electron chi connectivity index (χ3n) is 5.79. The molecular weight excluding hydrogens is 419 g/mol. The maximum Gasteiger partial charge on any atom is 0.327 e. The van der Waals surface area contributed by atoms with Gasteiger partial charge in [0.15, 0.2) is 0 Å². The van der Waals surface area contributed by atoms with Crippen molar-refractivity contribution in [3.05, 3.63) is 77.6 Å². The summed E-state index contributed by atoms with van der Waals surface area (Å²) in [7, 11) is -3.53. The first-order valence-electron chi connectivity index (χ1n) is 10.0. The lowest BCUT2D eigenvalue weighted by molar-refractivity contribution is -0.139. The van der Waals surface area contributed by atoms with Crippen LogP contribution in [0.2, 0.25) is 0 Å². The minimum absolute atomic E-state index is 0.115. The van der Waals surface area contributed by atoms with E-state index in [9.17, 15) is 22.7 Å². The van der Waals surface area contributed by atoms with Crippen LogP contribution in [0.4, 0.5) is 10.1 Å². The van der Waals surface area contributed by atoms with E-state index >= 15 is 0 Å². The van der Waals surface area contributed by atoms with Gasteiger partial charge in [-0.15, -0.1) is 0 Å². The van der Waals surface area contributed by atoms with Crippen molar-refractivity contribution in [1.82, 2.24) is 4.72 Å². The van der Waals surface area contributed by atoms with Crippen molar-refractivity contribution in [3.8, 4) is 0 Å². The van der Waals surface area contributed by atoms with E-state index in [-0.39, 0.29) is 12.3 Å². The lowest BCUT2D eigenvalue weighted by atomic mass is 9.95. The Kier molecular flexibility index (Phi) is 5.68. The fourth-order valence-corrected chi connectivity index (χ4v) is 4.90. The van der Waals surface area contributed by atoms with Gasteiger partial charge >= 0.3 is 5.97 Å². The van der Waals surface area contributed by atoms with E-state index in [1.54, 1.807) is 11.0 Å². The third kappa shape index (κ3) is 4.13. The quantitative estimate of drug-likeness (QED) is 0.585. The Bertz CT molecular complexity index is 1240. The number of hydrogen-bond donors (Lipinski definition) is 2. The van der Waals surface area contributed by atoms with Crippen molar-refractivity contribution in [2.75, 3.05) is 17.2 Å². The molecule has 0 saturated heterocycles. The number of carboxylic acids is 1. The molecule has 31 heavy (non-hydrogen) atoms. The zero-order chi connectivity index (χ0) is 22.2. The van der Waals surface area contributed by atoms with Gasteiger partial charge in [-0.3, -0.25) is 0 Å². The molecule has 0 fully saturated rings. The van der Waals surface area contributed by atoms with E-state index in [4.69, 9.17) is 0 Å². The van der Waals surface area contributed by atoms with E-state index in [1.165, 1.54) is 19.1 Å². The Balaban J connectivity index is 1.77. The van der Waals surface area contributed by atoms with Gasteiger partial charge in [0.2, 0.25) is 10.0 Å². The van der Waals surface area contributed by atoms with Crippen LogP contribution in [0.5, 0.6) is 0 Å². The maximum atomic E-state index is 14.1. The van der Waals surface area contributed by atoms with Crippen LogP contribution in [-0.4, -0.2) is 37.8 Å². The number of halogens is 1. The molecule has 162 valence electrons. The first kappa shape index (κ1) is 21.3. The van der Waals surface area contributed by atoms with Crippen molar-refractivity contribution < 1.29 is 22.7 Å². The highest BCUT2D eigenvalue weighted by Gasteiger charge is 2.43. The molecule has 1 heterocycles. The number of fused-ring (bicyclic) bond motifs is 2. The molecule has 0 amide bonds. The summed E-state index contributed by atoms with van der Waals surface area (Å²) in [6, 6.07) is 16.8. The maximum absolute atomic E-state index is 14.1. The normalized spacial score (nSPS) is 18.3. The number of carboxylic acid groups (broad SMARTS) is 1. The zero-order valence-corrected chi connectivity index (χ0v) is 17.8. The van der Waals surface area contributed by atoms with E-state index in [0.29, 0.717) is 17.8 Å². The Morgan fingerprint density at radius 2 is 1.87 bits per heavy atom. The summed E-state index contributed by atoms with van der Waals surface area (Å²) < 4.78 is 40.5. The van der Waals surface area contributed by atoms with Gasteiger partial charge in [0, 0.05) is 24.7 Å². The number of hydrogen-bond acceptors (Lipinski definition) is 4. The lowest BCUT2D eigenvalue weighted by Gasteiger charge is -2.28. The second kappa shape index (κ2) is 8.28. The topological polar surface area (TPSA) is 86.7 Å². The molecule has 3 aromatic carbocycles. The molecule has 6 nitrogen and oxygen atoms in total. The first-order valence-corrected chi connectivity index (χ1v) is 11.7. The molecule has 0 saturated carbocycles. The predicted molar refractivity (Wildman–Crippen MR) is 118 cm³/mol. The van der Waals surface area contributed by atoms with E-state index < -0.39 is 33.8 Å². The highest BCUT2D eigenvalue weighted by atomic mass is 32.2. The highest BCUT2D eigenvalue weighted by Crippen LogP contribution is 2.42. The van der Waals surface area contributed by atoms with Crippen LogP contribution >= 0.6 is 0 Å². The second-order valence-electron chi connectivity index (χ2n) is 7.61. The van der Waals surface area contributed by atoms with E-state index in [0.717, 1.165) is 16.3 Å². The molecule has 0 aromatic heterocycles. The molecule has 0 bridgehead atoms. The van der Waals surface area contributed by atoms with Crippen molar-refractivity contribution in [3.63, 3.8) is 0 Å². The minimum atomic E-state index is -3.53. The van der Waals surface area contributed by atoms with Gasteiger partial charge in [0.25, 0.3) is 0 Å². The number of nitrogens with zero attached hydrogens (tertiary/aromatic N) is 1. The standard InChI is InChI=1S/C23H23FN2O4S/c1-2-31(29,30)25-13-20-19-12-17(24)10-11-21(19)26(22(20)23(27)28)14-16-8-5-7-15-6-3-4-9-18(15)16/h3-12,20,22,25H,2,13-14H2,1H3,(H,27,28). The molecule has 0 spiro atoms. The molecule has 8 heteroatoms. The molecular formula is C23H23FN2O4S. The summed E-state index contributed by atoms with van der Waals surface area (Å²) >= 11 is 0. The Morgan fingerprint density at radius 1 is 1.13 bits per heavy atom. The van der Waals surface area contributed by atoms with Gasteiger partial charge in [0.1, 0.15) is 11.9 Å².